The van der Waals surface area contributed by atoms with Crippen molar-refractivity contribution >= 4 is 38.3 Å². The van der Waals surface area contributed by atoms with Gasteiger partial charge in [-0.05, 0) is 46.7 Å². The summed E-state index contributed by atoms with van der Waals surface area (Å²) >= 11 is 3.28. The van der Waals surface area contributed by atoms with Crippen molar-refractivity contribution in [2.45, 2.75) is 6.42 Å². The maximum atomic E-state index is 13.7. The number of anilines is 1. The normalized spacial score (nSPS) is 10.6. The fourth-order valence-electron chi connectivity index (χ4n) is 2.32. The molecule has 3 aromatic carbocycles. The molecule has 0 aromatic heterocycles. The fraction of sp³-hybridized carbons (Fsp3) is 0.0556. The van der Waals surface area contributed by atoms with Gasteiger partial charge in [0.05, 0.1) is 6.42 Å². The van der Waals surface area contributed by atoms with Gasteiger partial charge >= 0.3 is 0 Å². The van der Waals surface area contributed by atoms with E-state index < -0.39 is 0 Å². The first-order valence-electron chi connectivity index (χ1n) is 6.84. The Morgan fingerprint density at radius 1 is 1.00 bits per heavy atom. The molecule has 0 saturated carbocycles. The molecule has 0 fully saturated rings. The van der Waals surface area contributed by atoms with Gasteiger partial charge in [-0.2, -0.15) is 0 Å². The average molecular weight is 358 g/mol. The first kappa shape index (κ1) is 14.7. The third kappa shape index (κ3) is 3.34. The molecule has 2 nitrogen and oxygen atoms in total. The first-order valence-corrected chi connectivity index (χ1v) is 7.64. The van der Waals surface area contributed by atoms with Crippen LogP contribution in [0.4, 0.5) is 10.1 Å². The molecule has 1 amide bonds. The fourth-order valence-corrected chi connectivity index (χ4v) is 2.73. The number of hydrogen-bond donors (Lipinski definition) is 1. The zero-order chi connectivity index (χ0) is 15.5. The minimum absolute atomic E-state index is 0.00188. The quantitative estimate of drug-likeness (QED) is 0.707. The van der Waals surface area contributed by atoms with Gasteiger partial charge in [0, 0.05) is 10.2 Å². The Kier molecular flexibility index (Phi) is 4.20. The Morgan fingerprint density at radius 2 is 1.77 bits per heavy atom. The number of rotatable bonds is 3. The second-order valence-corrected chi connectivity index (χ2v) is 5.94. The van der Waals surface area contributed by atoms with E-state index in [0.717, 1.165) is 15.2 Å². The van der Waals surface area contributed by atoms with E-state index >= 15 is 0 Å². The predicted octanol–water partition coefficient (Wildman–Crippen LogP) is 4.92. The van der Waals surface area contributed by atoms with Crippen LogP contribution in [0.3, 0.4) is 0 Å². The summed E-state index contributed by atoms with van der Waals surface area (Å²) in [4.78, 5) is 12.1. The van der Waals surface area contributed by atoms with Gasteiger partial charge in [0.2, 0.25) is 5.91 Å². The maximum Gasteiger partial charge on any atom is 0.228 e. The molecular formula is C18H13BrFNO. The van der Waals surface area contributed by atoms with E-state index in [4.69, 9.17) is 0 Å². The highest BCUT2D eigenvalue weighted by molar-refractivity contribution is 9.10. The van der Waals surface area contributed by atoms with E-state index in [-0.39, 0.29) is 18.1 Å². The number of halogens is 2. The SMILES string of the molecule is O=C(Cc1cc(Br)ccc1F)Nc1ccc2ccccc2c1. The number of carbonyl (C=O) groups is 1. The molecule has 110 valence electrons. The zero-order valence-corrected chi connectivity index (χ0v) is 13.2. The van der Waals surface area contributed by atoms with Crippen molar-refractivity contribution in [2.24, 2.45) is 0 Å². The lowest BCUT2D eigenvalue weighted by atomic mass is 10.1. The molecule has 0 aliphatic rings. The van der Waals surface area contributed by atoms with Crippen LogP contribution in [0, 0.1) is 5.82 Å². The van der Waals surface area contributed by atoms with Crippen LogP contribution in [0.5, 0.6) is 0 Å². The maximum absolute atomic E-state index is 13.7. The van der Waals surface area contributed by atoms with E-state index in [1.54, 1.807) is 12.1 Å². The van der Waals surface area contributed by atoms with E-state index in [0.29, 0.717) is 11.3 Å². The molecule has 0 radical (unpaired) electrons. The van der Waals surface area contributed by atoms with Gasteiger partial charge in [-0.3, -0.25) is 4.79 Å². The van der Waals surface area contributed by atoms with Gasteiger partial charge in [0.15, 0.2) is 0 Å². The summed E-state index contributed by atoms with van der Waals surface area (Å²) in [6, 6.07) is 18.2. The van der Waals surface area contributed by atoms with Gasteiger partial charge in [-0.15, -0.1) is 0 Å². The third-order valence-electron chi connectivity index (χ3n) is 3.39. The standard InChI is InChI=1S/C18H13BrFNO/c19-15-6-8-17(20)14(9-15)11-18(22)21-16-7-5-12-3-1-2-4-13(12)10-16/h1-10H,11H2,(H,21,22). The summed E-state index contributed by atoms with van der Waals surface area (Å²) in [5.41, 5.74) is 1.08. The summed E-state index contributed by atoms with van der Waals surface area (Å²) in [6.07, 6.45) is -0.00188. The lowest BCUT2D eigenvalue weighted by Crippen LogP contribution is -2.15. The van der Waals surface area contributed by atoms with Crippen LogP contribution in [-0.4, -0.2) is 5.91 Å². The molecule has 0 heterocycles. The highest BCUT2D eigenvalue weighted by Crippen LogP contribution is 2.20. The van der Waals surface area contributed by atoms with Crippen LogP contribution >= 0.6 is 15.9 Å². The third-order valence-corrected chi connectivity index (χ3v) is 3.89. The molecule has 3 rings (SSSR count). The molecule has 0 unspecified atom stereocenters. The molecule has 0 saturated heterocycles. The van der Waals surface area contributed by atoms with E-state index in [1.165, 1.54) is 6.07 Å². The van der Waals surface area contributed by atoms with Crippen LogP contribution in [0.2, 0.25) is 0 Å². The number of carbonyl (C=O) groups excluding carboxylic acids is 1. The smallest absolute Gasteiger partial charge is 0.228 e. The number of benzene rings is 3. The zero-order valence-electron chi connectivity index (χ0n) is 11.6. The van der Waals surface area contributed by atoms with E-state index in [9.17, 15) is 9.18 Å². The molecule has 22 heavy (non-hydrogen) atoms. The molecule has 0 aliphatic carbocycles. The number of fused-ring (bicyclic) bond motifs is 1. The van der Waals surface area contributed by atoms with Crippen molar-refractivity contribution in [1.82, 2.24) is 0 Å². The van der Waals surface area contributed by atoms with Gasteiger partial charge < -0.3 is 5.32 Å². The first-order chi connectivity index (χ1) is 10.6. The Morgan fingerprint density at radius 3 is 2.59 bits per heavy atom. The van der Waals surface area contributed by atoms with Gasteiger partial charge in [0.1, 0.15) is 5.82 Å². The summed E-state index contributed by atoms with van der Waals surface area (Å²) in [7, 11) is 0. The lowest BCUT2D eigenvalue weighted by Gasteiger charge is -2.08. The van der Waals surface area contributed by atoms with Crippen LogP contribution in [0.15, 0.2) is 65.1 Å². The predicted molar refractivity (Wildman–Crippen MR) is 90.4 cm³/mol. The molecule has 0 spiro atoms. The van der Waals surface area contributed by atoms with Gasteiger partial charge in [-0.25, -0.2) is 4.39 Å². The lowest BCUT2D eigenvalue weighted by molar-refractivity contribution is -0.115. The highest BCUT2D eigenvalue weighted by Gasteiger charge is 2.09. The van der Waals surface area contributed by atoms with Crippen LogP contribution in [0.25, 0.3) is 10.8 Å². The van der Waals surface area contributed by atoms with Crippen molar-refractivity contribution in [3.8, 4) is 0 Å². The van der Waals surface area contributed by atoms with Crippen LogP contribution in [0.1, 0.15) is 5.56 Å². The number of nitrogens with one attached hydrogen (secondary N) is 1. The van der Waals surface area contributed by atoms with Gasteiger partial charge in [-0.1, -0.05) is 46.3 Å². The molecule has 0 bridgehead atoms. The summed E-state index contributed by atoms with van der Waals surface area (Å²) < 4.78 is 14.4. The Bertz CT molecular complexity index is 847. The van der Waals surface area contributed by atoms with Crippen molar-refractivity contribution in [3.63, 3.8) is 0 Å². The highest BCUT2D eigenvalue weighted by atomic mass is 79.9. The van der Waals surface area contributed by atoms with Gasteiger partial charge in [0.25, 0.3) is 0 Å². The summed E-state index contributed by atoms with van der Waals surface area (Å²) in [6.45, 7) is 0. The van der Waals surface area contributed by atoms with Crippen molar-refractivity contribution < 1.29 is 9.18 Å². The Labute approximate surface area is 136 Å². The topological polar surface area (TPSA) is 29.1 Å². The second kappa shape index (κ2) is 6.28. The molecule has 0 atom stereocenters. The Hall–Kier alpha value is -2.20. The molecule has 3 aromatic rings. The number of amides is 1. The second-order valence-electron chi connectivity index (χ2n) is 5.02. The van der Waals surface area contributed by atoms with Crippen molar-refractivity contribution in [1.29, 1.82) is 0 Å². The van der Waals surface area contributed by atoms with Crippen LogP contribution < -0.4 is 5.32 Å². The molecule has 1 N–H and O–H groups in total. The monoisotopic (exact) mass is 357 g/mol. The van der Waals surface area contributed by atoms with Crippen molar-refractivity contribution in [3.05, 3.63) is 76.5 Å². The minimum Gasteiger partial charge on any atom is -0.326 e. The Balaban J connectivity index is 1.76. The average Bonchev–Trinajstić information content (AvgIpc) is 2.51. The van der Waals surface area contributed by atoms with E-state index in [1.807, 2.05) is 42.5 Å². The summed E-state index contributed by atoms with van der Waals surface area (Å²) in [5.74, 6) is -0.621. The van der Waals surface area contributed by atoms with E-state index in [2.05, 4.69) is 21.2 Å². The molecule has 4 heteroatoms. The van der Waals surface area contributed by atoms with Crippen LogP contribution in [-0.2, 0) is 11.2 Å². The number of hydrogen-bond acceptors (Lipinski definition) is 1. The minimum atomic E-state index is -0.378. The van der Waals surface area contributed by atoms with Crippen molar-refractivity contribution in [2.75, 3.05) is 5.32 Å². The largest absolute Gasteiger partial charge is 0.326 e. The molecular weight excluding hydrogens is 345 g/mol. The molecule has 0 aliphatic heterocycles. The summed E-state index contributed by atoms with van der Waals surface area (Å²) in [5, 5.41) is 4.97.